The van der Waals surface area contributed by atoms with Gasteiger partial charge in [0.2, 0.25) is 11.8 Å². The van der Waals surface area contributed by atoms with Gasteiger partial charge >= 0.3 is 0 Å². The van der Waals surface area contributed by atoms with Gasteiger partial charge in [0, 0.05) is 15.7 Å². The summed E-state index contributed by atoms with van der Waals surface area (Å²) < 4.78 is 0.843. The molecular weight excluding hydrogens is 300 g/mol. The Bertz CT molecular complexity index is 486. The van der Waals surface area contributed by atoms with Gasteiger partial charge < -0.3 is 10.0 Å². The summed E-state index contributed by atoms with van der Waals surface area (Å²) in [6, 6.07) is 5.40. The number of anilines is 1. The summed E-state index contributed by atoms with van der Waals surface area (Å²) in [7, 11) is 0. The van der Waals surface area contributed by atoms with Crippen LogP contribution in [0.3, 0.4) is 0 Å². The Balaban J connectivity index is 2.37. The highest BCUT2D eigenvalue weighted by atomic mass is 79.9. The van der Waals surface area contributed by atoms with Crippen LogP contribution in [0, 0.1) is 0 Å². The maximum Gasteiger partial charge on any atom is 0.246 e. The number of carbonyl (C=O) groups is 2. The second-order valence-electron chi connectivity index (χ2n) is 4.21. The van der Waals surface area contributed by atoms with Gasteiger partial charge in [-0.15, -0.1) is 0 Å². The van der Waals surface area contributed by atoms with Crippen LogP contribution in [-0.4, -0.2) is 30.0 Å². The van der Waals surface area contributed by atoms with Crippen LogP contribution in [0.2, 0.25) is 0 Å². The average molecular weight is 313 g/mol. The van der Waals surface area contributed by atoms with Crippen LogP contribution in [0.25, 0.3) is 0 Å². The Morgan fingerprint density at radius 1 is 1.33 bits per heavy atom. The van der Waals surface area contributed by atoms with E-state index in [2.05, 4.69) is 21.2 Å². The Morgan fingerprint density at radius 3 is 2.50 bits per heavy atom. The molecule has 18 heavy (non-hydrogen) atoms. The molecule has 6 heteroatoms. The van der Waals surface area contributed by atoms with Crippen LogP contribution < -0.4 is 10.2 Å². The minimum absolute atomic E-state index is 0.118. The highest BCUT2D eigenvalue weighted by Gasteiger charge is 2.25. The molecular formula is C12H13BrN2O3. The molecule has 5 nitrogen and oxygen atoms in total. The van der Waals surface area contributed by atoms with Gasteiger partial charge in [-0.25, -0.2) is 0 Å². The lowest BCUT2D eigenvalue weighted by Crippen LogP contribution is -2.51. The lowest BCUT2D eigenvalue weighted by Gasteiger charge is -2.30. The fourth-order valence-corrected chi connectivity index (χ4v) is 2.33. The second kappa shape index (κ2) is 5.07. The first-order valence-corrected chi connectivity index (χ1v) is 6.32. The van der Waals surface area contributed by atoms with Crippen molar-refractivity contribution in [1.29, 1.82) is 0 Å². The topological polar surface area (TPSA) is 69.6 Å². The maximum absolute atomic E-state index is 11.4. The van der Waals surface area contributed by atoms with Crippen LogP contribution in [0.4, 0.5) is 5.69 Å². The van der Waals surface area contributed by atoms with E-state index in [1.165, 1.54) is 0 Å². The zero-order valence-corrected chi connectivity index (χ0v) is 11.4. The number of nitrogens with zero attached hydrogens (tertiary/aromatic N) is 1. The number of imide groups is 1. The minimum Gasteiger partial charge on any atom is -0.389 e. The normalized spacial score (nSPS) is 17.6. The van der Waals surface area contributed by atoms with Crippen molar-refractivity contribution in [2.24, 2.45) is 0 Å². The molecule has 0 aromatic heterocycles. The number of halogens is 1. The van der Waals surface area contributed by atoms with Crippen LogP contribution in [0.5, 0.6) is 0 Å². The van der Waals surface area contributed by atoms with Crippen molar-refractivity contribution in [1.82, 2.24) is 5.32 Å². The van der Waals surface area contributed by atoms with Gasteiger partial charge in [0.15, 0.2) is 0 Å². The fourth-order valence-electron chi connectivity index (χ4n) is 1.96. The van der Waals surface area contributed by atoms with Crippen molar-refractivity contribution in [3.8, 4) is 0 Å². The van der Waals surface area contributed by atoms with E-state index < -0.39 is 6.10 Å². The van der Waals surface area contributed by atoms with Crippen molar-refractivity contribution in [3.05, 3.63) is 28.2 Å². The number of hydrogen-bond donors (Lipinski definition) is 2. The summed E-state index contributed by atoms with van der Waals surface area (Å²) in [6.45, 7) is 1.89. The first-order chi connectivity index (χ1) is 8.47. The molecule has 1 aliphatic heterocycles. The molecule has 1 aliphatic rings. The average Bonchev–Trinajstić information content (AvgIpc) is 2.27. The zero-order valence-electron chi connectivity index (χ0n) is 9.81. The molecule has 0 aliphatic carbocycles. The first-order valence-electron chi connectivity index (χ1n) is 5.52. The molecule has 96 valence electrons. The maximum atomic E-state index is 11.4. The molecule has 2 N–H and O–H groups in total. The van der Waals surface area contributed by atoms with Crippen LogP contribution in [0.1, 0.15) is 18.6 Å². The summed E-state index contributed by atoms with van der Waals surface area (Å²) in [5, 5.41) is 12.0. The predicted molar refractivity (Wildman–Crippen MR) is 70.1 cm³/mol. The number of amides is 2. The summed E-state index contributed by atoms with van der Waals surface area (Å²) in [4.78, 5) is 24.4. The molecule has 0 bridgehead atoms. The van der Waals surface area contributed by atoms with Crippen LogP contribution in [-0.2, 0) is 9.59 Å². The Hall–Kier alpha value is -1.40. The van der Waals surface area contributed by atoms with Gasteiger partial charge in [0.25, 0.3) is 0 Å². The van der Waals surface area contributed by atoms with E-state index in [0.29, 0.717) is 11.3 Å². The molecule has 0 spiro atoms. The molecule has 2 rings (SSSR count). The van der Waals surface area contributed by atoms with Crippen molar-refractivity contribution in [3.63, 3.8) is 0 Å². The van der Waals surface area contributed by atoms with E-state index >= 15 is 0 Å². The summed E-state index contributed by atoms with van der Waals surface area (Å²) in [5.41, 5.74) is 1.39. The zero-order chi connectivity index (χ0) is 13.3. The van der Waals surface area contributed by atoms with E-state index in [0.717, 1.165) is 4.47 Å². The molecule has 1 saturated heterocycles. The molecule has 2 amide bonds. The van der Waals surface area contributed by atoms with Crippen molar-refractivity contribution in [2.75, 3.05) is 18.0 Å². The van der Waals surface area contributed by atoms with Gasteiger partial charge in [-0.1, -0.05) is 15.9 Å². The van der Waals surface area contributed by atoms with Crippen molar-refractivity contribution >= 4 is 33.4 Å². The number of benzene rings is 1. The fraction of sp³-hybridized carbons (Fsp3) is 0.333. The van der Waals surface area contributed by atoms with E-state index in [1.54, 1.807) is 24.0 Å². The minimum atomic E-state index is -0.669. The lowest BCUT2D eigenvalue weighted by atomic mass is 10.1. The molecule has 1 fully saturated rings. The van der Waals surface area contributed by atoms with Gasteiger partial charge in [-0.2, -0.15) is 0 Å². The molecule has 0 radical (unpaired) electrons. The molecule has 1 atom stereocenters. The lowest BCUT2D eigenvalue weighted by molar-refractivity contribution is -0.130. The molecule has 0 saturated carbocycles. The molecule has 1 unspecified atom stereocenters. The highest BCUT2D eigenvalue weighted by molar-refractivity contribution is 9.10. The molecule has 1 aromatic carbocycles. The van der Waals surface area contributed by atoms with Crippen LogP contribution >= 0.6 is 15.9 Å². The number of nitrogens with one attached hydrogen (secondary N) is 1. The van der Waals surface area contributed by atoms with Gasteiger partial charge in [0.1, 0.15) is 0 Å². The molecule has 1 aromatic rings. The summed E-state index contributed by atoms with van der Waals surface area (Å²) >= 11 is 3.34. The van der Waals surface area contributed by atoms with Crippen molar-refractivity contribution < 1.29 is 14.7 Å². The standard InChI is InChI=1S/C12H13BrN2O3/c1-7(16)9-4-8(13)2-3-10(9)15-5-11(17)14-12(18)6-15/h2-4,7,16H,5-6H2,1H3,(H,14,17,18). The van der Waals surface area contributed by atoms with Gasteiger partial charge in [-0.3, -0.25) is 14.9 Å². The van der Waals surface area contributed by atoms with E-state index in [4.69, 9.17) is 0 Å². The largest absolute Gasteiger partial charge is 0.389 e. The Kier molecular flexibility index (Phi) is 3.68. The number of aliphatic hydroxyl groups is 1. The summed E-state index contributed by atoms with van der Waals surface area (Å²) in [6.07, 6.45) is -0.669. The quantitative estimate of drug-likeness (QED) is 0.798. The number of carbonyl (C=O) groups excluding carboxylic acids is 2. The first kappa shape index (κ1) is 13.0. The second-order valence-corrected chi connectivity index (χ2v) is 5.12. The highest BCUT2D eigenvalue weighted by Crippen LogP contribution is 2.29. The number of aliphatic hydroxyl groups excluding tert-OH is 1. The van der Waals surface area contributed by atoms with E-state index in [-0.39, 0.29) is 24.9 Å². The van der Waals surface area contributed by atoms with E-state index in [1.807, 2.05) is 6.07 Å². The predicted octanol–water partition coefficient (Wildman–Crippen LogP) is 0.965. The smallest absolute Gasteiger partial charge is 0.246 e. The third-order valence-corrected chi connectivity index (χ3v) is 3.22. The van der Waals surface area contributed by atoms with E-state index in [9.17, 15) is 14.7 Å². The SMILES string of the molecule is CC(O)c1cc(Br)ccc1N1CC(=O)NC(=O)C1. The molecule has 1 heterocycles. The Labute approximate surface area is 113 Å². The van der Waals surface area contributed by atoms with Gasteiger partial charge in [-0.05, 0) is 25.1 Å². The van der Waals surface area contributed by atoms with Crippen molar-refractivity contribution in [2.45, 2.75) is 13.0 Å². The monoisotopic (exact) mass is 312 g/mol. The number of hydrogen-bond acceptors (Lipinski definition) is 4. The number of piperazine rings is 1. The number of rotatable bonds is 2. The third kappa shape index (κ3) is 2.70. The van der Waals surface area contributed by atoms with Crippen LogP contribution in [0.15, 0.2) is 22.7 Å². The Morgan fingerprint density at radius 2 is 1.94 bits per heavy atom. The van der Waals surface area contributed by atoms with Gasteiger partial charge in [0.05, 0.1) is 19.2 Å². The summed E-state index contributed by atoms with van der Waals surface area (Å²) in [5.74, 6) is -0.656. The third-order valence-electron chi connectivity index (χ3n) is 2.73.